The number of hydrogen-bond donors (Lipinski definition) is 1. The molecule has 3 heterocycles. The highest BCUT2D eigenvalue weighted by atomic mass is 32.1. The Labute approximate surface area is 183 Å². The Bertz CT molecular complexity index is 1170. The van der Waals surface area contributed by atoms with Crippen LogP contribution in [0.15, 0.2) is 35.4 Å². The maximum atomic E-state index is 13.1. The zero-order chi connectivity index (χ0) is 21.4. The topological polar surface area (TPSA) is 89.3 Å². The summed E-state index contributed by atoms with van der Waals surface area (Å²) in [6.45, 7) is 1.89. The normalized spacial score (nSPS) is 18.9. The van der Waals surface area contributed by atoms with Gasteiger partial charge in [-0.25, -0.2) is 4.98 Å². The standard InChI is InChI=1S/C22H25N5O3S/c1-30-17-6-2-4-14(10-17)11-27-13-23-19-18(21(27)29)31-22(25-19)26-9-3-5-15(12-26)20(28)24-16-7-8-16/h2,4,6,10,13,15-16H,3,5,7-9,11-12H2,1H3,(H,24,28). The van der Waals surface area contributed by atoms with E-state index in [2.05, 4.69) is 20.2 Å². The van der Waals surface area contributed by atoms with E-state index in [0.717, 1.165) is 48.7 Å². The number of methoxy groups -OCH3 is 1. The fraction of sp³-hybridized carbons (Fsp3) is 0.455. The number of piperidine rings is 1. The number of benzene rings is 1. The molecule has 162 valence electrons. The quantitative estimate of drug-likeness (QED) is 0.635. The summed E-state index contributed by atoms with van der Waals surface area (Å²) in [4.78, 5) is 36.7. The van der Waals surface area contributed by atoms with Crippen molar-refractivity contribution in [1.29, 1.82) is 0 Å². The second-order valence-electron chi connectivity index (χ2n) is 8.25. The van der Waals surface area contributed by atoms with Gasteiger partial charge in [-0.3, -0.25) is 14.2 Å². The summed E-state index contributed by atoms with van der Waals surface area (Å²) in [5, 5.41) is 3.88. The van der Waals surface area contributed by atoms with Gasteiger partial charge in [0.1, 0.15) is 16.8 Å². The second-order valence-corrected chi connectivity index (χ2v) is 9.22. The van der Waals surface area contributed by atoms with Crippen molar-refractivity contribution in [2.24, 2.45) is 5.92 Å². The van der Waals surface area contributed by atoms with Crippen LogP contribution < -0.4 is 20.5 Å². The van der Waals surface area contributed by atoms with Crippen LogP contribution >= 0.6 is 11.3 Å². The number of amides is 1. The number of thiazole rings is 1. The monoisotopic (exact) mass is 439 g/mol. The van der Waals surface area contributed by atoms with Gasteiger partial charge in [-0.2, -0.15) is 4.98 Å². The number of aromatic nitrogens is 3. The SMILES string of the molecule is COc1cccc(Cn2cnc3nc(N4CCCC(C(=O)NC5CC5)C4)sc3c2=O)c1. The van der Waals surface area contributed by atoms with E-state index in [1.165, 1.54) is 11.3 Å². The van der Waals surface area contributed by atoms with Crippen LogP contribution in [0.4, 0.5) is 5.13 Å². The fourth-order valence-electron chi connectivity index (χ4n) is 3.96. The van der Waals surface area contributed by atoms with Crippen molar-refractivity contribution in [3.8, 4) is 5.75 Å². The maximum Gasteiger partial charge on any atom is 0.273 e. The van der Waals surface area contributed by atoms with Gasteiger partial charge in [0.05, 0.1) is 19.6 Å². The lowest BCUT2D eigenvalue weighted by Gasteiger charge is -2.31. The van der Waals surface area contributed by atoms with Gasteiger partial charge in [0.15, 0.2) is 10.8 Å². The smallest absolute Gasteiger partial charge is 0.273 e. The number of hydrogen-bond acceptors (Lipinski definition) is 7. The summed E-state index contributed by atoms with van der Waals surface area (Å²) in [5.41, 5.74) is 1.33. The van der Waals surface area contributed by atoms with Gasteiger partial charge in [0.25, 0.3) is 5.56 Å². The molecule has 1 atom stereocenters. The molecule has 1 saturated heterocycles. The lowest BCUT2D eigenvalue weighted by atomic mass is 9.97. The van der Waals surface area contributed by atoms with E-state index in [0.29, 0.717) is 29.5 Å². The second kappa shape index (κ2) is 8.30. The Morgan fingerprint density at radius 3 is 3.00 bits per heavy atom. The molecule has 3 aromatic rings. The first-order valence-corrected chi connectivity index (χ1v) is 11.5. The molecule has 0 spiro atoms. The van der Waals surface area contributed by atoms with Crippen LogP contribution in [0.25, 0.3) is 10.3 Å². The highest BCUT2D eigenvalue weighted by molar-refractivity contribution is 7.22. The molecule has 1 aliphatic heterocycles. The average molecular weight is 440 g/mol. The van der Waals surface area contributed by atoms with E-state index >= 15 is 0 Å². The third kappa shape index (κ3) is 4.27. The van der Waals surface area contributed by atoms with Crippen molar-refractivity contribution < 1.29 is 9.53 Å². The molecule has 5 rings (SSSR count). The predicted octanol–water partition coefficient (Wildman–Crippen LogP) is 2.40. The molecule has 0 bridgehead atoms. The number of anilines is 1. The molecule has 8 nitrogen and oxygen atoms in total. The number of ether oxygens (including phenoxy) is 1. The minimum absolute atomic E-state index is 0.0287. The van der Waals surface area contributed by atoms with Crippen LogP contribution in [0.3, 0.4) is 0 Å². The Kier molecular flexibility index (Phi) is 5.35. The summed E-state index contributed by atoms with van der Waals surface area (Å²) >= 11 is 1.37. The lowest BCUT2D eigenvalue weighted by Crippen LogP contribution is -2.43. The number of carbonyl (C=O) groups excluding carboxylic acids is 1. The molecule has 31 heavy (non-hydrogen) atoms. The third-order valence-electron chi connectivity index (χ3n) is 5.85. The Balaban J connectivity index is 1.36. The van der Waals surface area contributed by atoms with Gasteiger partial charge in [0, 0.05) is 19.1 Å². The molecular formula is C22H25N5O3S. The number of nitrogens with one attached hydrogen (secondary N) is 1. The zero-order valence-electron chi connectivity index (χ0n) is 17.4. The van der Waals surface area contributed by atoms with Gasteiger partial charge in [0.2, 0.25) is 5.91 Å². The van der Waals surface area contributed by atoms with Crippen molar-refractivity contribution in [2.75, 3.05) is 25.1 Å². The van der Waals surface area contributed by atoms with E-state index in [9.17, 15) is 9.59 Å². The molecule has 2 aromatic heterocycles. The van der Waals surface area contributed by atoms with Crippen LogP contribution in [0.5, 0.6) is 5.75 Å². The minimum atomic E-state index is -0.100. The molecule has 2 aliphatic rings. The van der Waals surface area contributed by atoms with Crippen molar-refractivity contribution in [1.82, 2.24) is 19.9 Å². The van der Waals surface area contributed by atoms with Crippen LogP contribution in [0.1, 0.15) is 31.2 Å². The largest absolute Gasteiger partial charge is 0.497 e. The van der Waals surface area contributed by atoms with E-state index in [1.54, 1.807) is 18.0 Å². The van der Waals surface area contributed by atoms with Gasteiger partial charge in [-0.05, 0) is 43.4 Å². The van der Waals surface area contributed by atoms with Gasteiger partial charge >= 0.3 is 0 Å². The lowest BCUT2D eigenvalue weighted by molar-refractivity contribution is -0.125. The molecule has 1 amide bonds. The summed E-state index contributed by atoms with van der Waals surface area (Å²) in [6.07, 6.45) is 5.56. The molecule has 1 saturated carbocycles. The predicted molar refractivity (Wildman–Crippen MR) is 120 cm³/mol. The summed E-state index contributed by atoms with van der Waals surface area (Å²) < 4.78 is 7.41. The number of carbonyl (C=O) groups is 1. The van der Waals surface area contributed by atoms with E-state index in [1.807, 2.05) is 24.3 Å². The molecular weight excluding hydrogens is 414 g/mol. The van der Waals surface area contributed by atoms with Crippen LogP contribution in [0.2, 0.25) is 0 Å². The van der Waals surface area contributed by atoms with Crippen LogP contribution in [-0.2, 0) is 11.3 Å². The van der Waals surface area contributed by atoms with E-state index < -0.39 is 0 Å². The molecule has 1 unspecified atom stereocenters. The molecule has 1 aliphatic carbocycles. The Hall–Kier alpha value is -2.94. The highest BCUT2D eigenvalue weighted by Gasteiger charge is 2.31. The molecule has 9 heteroatoms. The van der Waals surface area contributed by atoms with Crippen molar-refractivity contribution in [2.45, 2.75) is 38.3 Å². The summed E-state index contributed by atoms with van der Waals surface area (Å²) in [6, 6.07) is 8.02. The van der Waals surface area contributed by atoms with Crippen molar-refractivity contribution in [3.63, 3.8) is 0 Å². The van der Waals surface area contributed by atoms with E-state index in [-0.39, 0.29) is 17.4 Å². The number of nitrogens with zero attached hydrogens (tertiary/aromatic N) is 4. The molecule has 2 fully saturated rings. The van der Waals surface area contributed by atoms with Crippen LogP contribution in [-0.4, -0.2) is 46.7 Å². The van der Waals surface area contributed by atoms with Crippen molar-refractivity contribution in [3.05, 3.63) is 46.5 Å². The number of fused-ring (bicyclic) bond motifs is 1. The van der Waals surface area contributed by atoms with E-state index in [4.69, 9.17) is 4.74 Å². The fourth-order valence-corrected chi connectivity index (χ4v) is 4.97. The molecule has 1 N–H and O–H groups in total. The number of rotatable bonds is 6. The summed E-state index contributed by atoms with van der Waals surface area (Å²) in [7, 11) is 1.62. The molecule has 0 radical (unpaired) electrons. The van der Waals surface area contributed by atoms with Gasteiger partial charge in [-0.1, -0.05) is 23.5 Å². The minimum Gasteiger partial charge on any atom is -0.497 e. The highest BCUT2D eigenvalue weighted by Crippen LogP contribution is 2.30. The van der Waals surface area contributed by atoms with Crippen molar-refractivity contribution >= 4 is 32.7 Å². The average Bonchev–Trinajstić information content (AvgIpc) is 3.50. The maximum absolute atomic E-state index is 13.1. The van der Waals surface area contributed by atoms with Crippen LogP contribution in [0, 0.1) is 5.92 Å². The first kappa shape index (κ1) is 20.0. The first-order chi connectivity index (χ1) is 15.1. The third-order valence-corrected chi connectivity index (χ3v) is 6.94. The Morgan fingerprint density at radius 2 is 2.19 bits per heavy atom. The molecule has 1 aromatic carbocycles. The Morgan fingerprint density at radius 1 is 1.32 bits per heavy atom. The first-order valence-electron chi connectivity index (χ1n) is 10.6. The summed E-state index contributed by atoms with van der Waals surface area (Å²) in [5.74, 6) is 0.871. The van der Waals surface area contributed by atoms with Gasteiger partial charge < -0.3 is 15.0 Å². The zero-order valence-corrected chi connectivity index (χ0v) is 18.2. The van der Waals surface area contributed by atoms with Gasteiger partial charge in [-0.15, -0.1) is 0 Å².